The number of halogens is 3. The van der Waals surface area contributed by atoms with Crippen molar-refractivity contribution < 1.29 is 47.0 Å². The monoisotopic (exact) mass is 321 g/mol. The third-order valence-corrected chi connectivity index (χ3v) is 2.72. The molecule has 0 radical (unpaired) electrons. The molecule has 2 aromatic rings. The molecule has 0 unspecified atom stereocenters. The summed E-state index contributed by atoms with van der Waals surface area (Å²) in [5, 5.41) is 10.7. The zero-order chi connectivity index (χ0) is 15.6. The predicted octanol–water partition coefficient (Wildman–Crippen LogP) is -0.818. The Labute approximate surface area is 141 Å². The minimum Gasteiger partial charge on any atom is -0.545 e. The van der Waals surface area contributed by atoms with Crippen LogP contribution in [0.4, 0.5) is 8.78 Å². The zero-order valence-corrected chi connectivity index (χ0v) is 12.3. The first-order chi connectivity index (χ1) is 9.92. The van der Waals surface area contributed by atoms with Crippen molar-refractivity contribution in [1.82, 2.24) is 4.98 Å². The minimum atomic E-state index is -1.83. The third kappa shape index (κ3) is 3.89. The van der Waals surface area contributed by atoms with Gasteiger partial charge in [-0.15, -0.1) is 0 Å². The van der Waals surface area contributed by atoms with Crippen LogP contribution in [0.15, 0.2) is 24.4 Å². The molecule has 22 heavy (non-hydrogen) atoms. The fraction of sp³-hybridized carbons (Fsp3) is 0.0769. The van der Waals surface area contributed by atoms with Gasteiger partial charge in [-0.1, -0.05) is 11.6 Å². The van der Waals surface area contributed by atoms with Gasteiger partial charge in [-0.25, -0.2) is 13.8 Å². The Morgan fingerprint density at radius 1 is 1.27 bits per heavy atom. The van der Waals surface area contributed by atoms with Gasteiger partial charge in [0.15, 0.2) is 11.6 Å². The summed E-state index contributed by atoms with van der Waals surface area (Å²) < 4.78 is 37.0. The fourth-order valence-corrected chi connectivity index (χ4v) is 1.74. The van der Waals surface area contributed by atoms with Crippen LogP contribution in [0.3, 0.4) is 0 Å². The van der Waals surface area contributed by atoms with E-state index in [4.69, 9.17) is 21.1 Å². The van der Waals surface area contributed by atoms with E-state index >= 15 is 0 Å². The van der Waals surface area contributed by atoms with E-state index < -0.39 is 28.9 Å². The number of rotatable bonds is 4. The molecule has 110 valence electrons. The van der Waals surface area contributed by atoms with Gasteiger partial charge < -0.3 is 19.4 Å². The molecule has 0 saturated heterocycles. The fourth-order valence-electron chi connectivity index (χ4n) is 1.50. The average molecular weight is 322 g/mol. The van der Waals surface area contributed by atoms with Crippen molar-refractivity contribution in [1.29, 1.82) is 0 Å². The quantitative estimate of drug-likeness (QED) is 0.688. The van der Waals surface area contributed by atoms with Gasteiger partial charge in [0, 0.05) is 17.7 Å². The molecule has 1 aromatic carbocycles. The molecule has 5 nitrogen and oxygen atoms in total. The Morgan fingerprint density at radius 2 is 1.95 bits per heavy atom. The number of benzene rings is 1. The molecule has 0 bridgehead atoms. The summed E-state index contributed by atoms with van der Waals surface area (Å²) in [6.07, 6.45) is 1.19. The van der Waals surface area contributed by atoms with E-state index in [-0.39, 0.29) is 35.5 Å². The molecule has 9 heteroatoms. The molecule has 0 atom stereocenters. The Morgan fingerprint density at radius 3 is 2.50 bits per heavy atom. The molecule has 0 N–H and O–H groups in total. The maximum absolute atomic E-state index is 13.7. The van der Waals surface area contributed by atoms with E-state index in [0.29, 0.717) is 12.1 Å². The van der Waals surface area contributed by atoms with Crippen molar-refractivity contribution in [2.45, 2.75) is 0 Å². The van der Waals surface area contributed by atoms with Crippen molar-refractivity contribution in [2.24, 2.45) is 0 Å². The van der Waals surface area contributed by atoms with Gasteiger partial charge in [-0.2, -0.15) is 0 Å². The Bertz CT molecular complexity index is 715. The van der Waals surface area contributed by atoms with Crippen LogP contribution in [-0.2, 0) is 0 Å². The first-order valence-electron chi connectivity index (χ1n) is 5.50. The summed E-state index contributed by atoms with van der Waals surface area (Å²) in [5.74, 6) is -4.42. The normalized spacial score (nSPS) is 9.82. The first-order valence-corrected chi connectivity index (χ1v) is 5.88. The van der Waals surface area contributed by atoms with Gasteiger partial charge in [-0.05, 0) is 6.07 Å². The number of aromatic carboxylic acids is 1. The molecule has 0 amide bonds. The molecule has 1 heterocycles. The second kappa shape index (κ2) is 7.45. The smallest absolute Gasteiger partial charge is 0.545 e. The van der Waals surface area contributed by atoms with Gasteiger partial charge in [0.25, 0.3) is 0 Å². The number of carbonyl (C=O) groups excluding carboxylic acids is 1. The standard InChI is InChI=1S/C13H8ClF2NO4.Li/c1-20-12-8(14)2-6(5-17-12)21-11-4-9(15)7(13(18)19)3-10(11)16;/h2-5H,1H3,(H,18,19);/q;+1/p-1. The van der Waals surface area contributed by atoms with Crippen LogP contribution in [-0.4, -0.2) is 18.1 Å². The van der Waals surface area contributed by atoms with E-state index in [9.17, 15) is 18.7 Å². The third-order valence-electron chi connectivity index (χ3n) is 2.44. The van der Waals surface area contributed by atoms with Crippen LogP contribution >= 0.6 is 11.6 Å². The second-order valence-electron chi connectivity index (χ2n) is 3.81. The van der Waals surface area contributed by atoms with Gasteiger partial charge in [0.1, 0.15) is 16.6 Å². The van der Waals surface area contributed by atoms with E-state index in [1.807, 2.05) is 0 Å². The molecule has 0 aliphatic rings. The SMILES string of the molecule is COc1ncc(Oc2cc(F)c(C(=O)[O-])cc2F)cc1Cl.[Li+]. The van der Waals surface area contributed by atoms with Gasteiger partial charge in [0.2, 0.25) is 5.88 Å². The maximum atomic E-state index is 13.7. The molecular formula is C13H7ClF2LiNO4. The Kier molecular flexibility index (Phi) is 6.18. The summed E-state index contributed by atoms with van der Waals surface area (Å²) >= 11 is 5.81. The van der Waals surface area contributed by atoms with Crippen molar-refractivity contribution in [3.05, 3.63) is 46.6 Å². The topological polar surface area (TPSA) is 71.5 Å². The van der Waals surface area contributed by atoms with Crippen molar-refractivity contribution >= 4 is 17.6 Å². The van der Waals surface area contributed by atoms with Crippen LogP contribution in [0.5, 0.6) is 17.4 Å². The van der Waals surface area contributed by atoms with Crippen LogP contribution in [0.25, 0.3) is 0 Å². The van der Waals surface area contributed by atoms with Crippen molar-refractivity contribution in [2.75, 3.05) is 7.11 Å². The number of pyridine rings is 1. The van der Waals surface area contributed by atoms with Crippen molar-refractivity contribution in [3.63, 3.8) is 0 Å². The molecule has 2 rings (SSSR count). The average Bonchev–Trinajstić information content (AvgIpc) is 2.42. The van der Waals surface area contributed by atoms with Crippen LogP contribution in [0, 0.1) is 11.6 Å². The number of ether oxygens (including phenoxy) is 2. The number of hydrogen-bond donors (Lipinski definition) is 0. The number of nitrogens with zero attached hydrogens (tertiary/aromatic N) is 1. The number of carbonyl (C=O) groups is 1. The minimum absolute atomic E-state index is 0. The summed E-state index contributed by atoms with van der Waals surface area (Å²) in [5.41, 5.74) is -0.897. The number of carboxylic acid groups (broad SMARTS) is 1. The summed E-state index contributed by atoms with van der Waals surface area (Å²) in [6.45, 7) is 0. The van der Waals surface area contributed by atoms with E-state index in [2.05, 4.69) is 4.98 Å². The Balaban J connectivity index is 0.00000242. The number of methoxy groups -OCH3 is 1. The number of aromatic nitrogens is 1. The predicted molar refractivity (Wildman–Crippen MR) is 66.6 cm³/mol. The van der Waals surface area contributed by atoms with E-state index in [0.717, 1.165) is 0 Å². The summed E-state index contributed by atoms with van der Waals surface area (Å²) in [7, 11) is 1.36. The van der Waals surface area contributed by atoms with E-state index in [1.165, 1.54) is 19.4 Å². The van der Waals surface area contributed by atoms with Gasteiger partial charge in [0.05, 0.1) is 19.3 Å². The van der Waals surface area contributed by atoms with Crippen LogP contribution < -0.4 is 33.4 Å². The zero-order valence-electron chi connectivity index (χ0n) is 11.5. The van der Waals surface area contributed by atoms with Crippen molar-refractivity contribution in [3.8, 4) is 17.4 Å². The molecule has 0 saturated carbocycles. The molecule has 0 aliphatic carbocycles. The molecule has 1 aromatic heterocycles. The number of hydrogen-bond acceptors (Lipinski definition) is 5. The second-order valence-corrected chi connectivity index (χ2v) is 4.22. The molecular weight excluding hydrogens is 315 g/mol. The molecule has 0 aliphatic heterocycles. The summed E-state index contributed by atoms with van der Waals surface area (Å²) in [6, 6.07) is 2.36. The van der Waals surface area contributed by atoms with Gasteiger partial charge in [-0.3, -0.25) is 0 Å². The molecule has 0 fully saturated rings. The van der Waals surface area contributed by atoms with E-state index in [1.54, 1.807) is 0 Å². The Hall–Kier alpha value is -1.81. The summed E-state index contributed by atoms with van der Waals surface area (Å²) in [4.78, 5) is 14.4. The van der Waals surface area contributed by atoms with Crippen LogP contribution in [0.1, 0.15) is 10.4 Å². The maximum Gasteiger partial charge on any atom is 1.00 e. The number of carboxylic acids is 1. The van der Waals surface area contributed by atoms with Crippen LogP contribution in [0.2, 0.25) is 5.02 Å². The largest absolute Gasteiger partial charge is 1.00 e. The molecule has 0 spiro atoms. The first kappa shape index (κ1) is 18.2. The van der Waals surface area contributed by atoms with Gasteiger partial charge >= 0.3 is 18.9 Å².